The van der Waals surface area contributed by atoms with E-state index in [-0.39, 0.29) is 5.41 Å². The van der Waals surface area contributed by atoms with Crippen LogP contribution in [0.15, 0.2) is 84.9 Å². The molecule has 0 N–H and O–H groups in total. The van der Waals surface area contributed by atoms with Crippen LogP contribution in [0.4, 0.5) is 11.4 Å². The Morgan fingerprint density at radius 2 is 1.31 bits per heavy atom. The summed E-state index contributed by atoms with van der Waals surface area (Å²) in [4.78, 5) is 2.30. The third-order valence-corrected chi connectivity index (χ3v) is 6.08. The first-order valence-corrected chi connectivity index (χ1v) is 10.5. The molecule has 0 saturated carbocycles. The molecule has 0 atom stereocenters. The van der Waals surface area contributed by atoms with Gasteiger partial charge in [0.2, 0.25) is 0 Å². The quantitative estimate of drug-likeness (QED) is 0.342. The van der Waals surface area contributed by atoms with Crippen molar-refractivity contribution in [3.63, 3.8) is 0 Å². The van der Waals surface area contributed by atoms with Gasteiger partial charge < -0.3 is 4.90 Å². The predicted molar refractivity (Wildman–Crippen MR) is 127 cm³/mol. The highest BCUT2D eigenvalue weighted by Gasteiger charge is 2.35. The van der Waals surface area contributed by atoms with Gasteiger partial charge in [0.05, 0.1) is 0 Å². The first-order valence-electron chi connectivity index (χ1n) is 10.5. The van der Waals surface area contributed by atoms with Crippen molar-refractivity contribution >= 4 is 22.1 Å². The second-order valence-corrected chi connectivity index (χ2v) is 7.96. The summed E-state index contributed by atoms with van der Waals surface area (Å²) in [6, 6.07) is 30.8. The van der Waals surface area contributed by atoms with E-state index in [1.54, 1.807) is 0 Å². The van der Waals surface area contributed by atoms with Crippen molar-refractivity contribution in [2.45, 2.75) is 33.1 Å². The summed E-state index contributed by atoms with van der Waals surface area (Å²) in [5.41, 5.74) is 8.08. The van der Waals surface area contributed by atoms with Crippen molar-refractivity contribution in [3.8, 4) is 11.1 Å². The third-order valence-electron chi connectivity index (χ3n) is 6.08. The fourth-order valence-corrected chi connectivity index (χ4v) is 4.56. The summed E-state index contributed by atoms with van der Waals surface area (Å²) in [5, 5.41) is 2.55. The number of fused-ring (bicyclic) bond motifs is 4. The lowest BCUT2D eigenvalue weighted by atomic mass is 9.82. The SMILES string of the molecule is CC.CN(c1ccc2c(c1)-c1ccccc1C2(C)C)c1cccc2ccccc12. The van der Waals surface area contributed by atoms with Gasteiger partial charge in [0.15, 0.2) is 0 Å². The molecular formula is C28H29N. The van der Waals surface area contributed by atoms with Gasteiger partial charge in [-0.2, -0.15) is 0 Å². The van der Waals surface area contributed by atoms with E-state index in [1.807, 2.05) is 13.8 Å². The number of hydrogen-bond acceptors (Lipinski definition) is 1. The summed E-state index contributed by atoms with van der Waals surface area (Å²) in [6.45, 7) is 8.65. The lowest BCUT2D eigenvalue weighted by Crippen LogP contribution is -2.15. The molecule has 146 valence electrons. The summed E-state index contributed by atoms with van der Waals surface area (Å²) in [6.07, 6.45) is 0. The molecule has 4 aromatic rings. The van der Waals surface area contributed by atoms with Crippen LogP contribution in [0, 0.1) is 0 Å². The van der Waals surface area contributed by atoms with Crippen LogP contribution in [0.5, 0.6) is 0 Å². The minimum atomic E-state index is 0.0580. The second kappa shape index (κ2) is 7.40. The van der Waals surface area contributed by atoms with Gasteiger partial charge in [-0.3, -0.25) is 0 Å². The molecule has 4 aromatic carbocycles. The van der Waals surface area contributed by atoms with E-state index in [1.165, 1.54) is 44.4 Å². The molecule has 0 bridgehead atoms. The molecule has 0 spiro atoms. The number of rotatable bonds is 2. The van der Waals surface area contributed by atoms with Crippen LogP contribution in [0.2, 0.25) is 0 Å². The molecule has 0 fully saturated rings. The van der Waals surface area contributed by atoms with Crippen molar-refractivity contribution in [3.05, 3.63) is 96.1 Å². The van der Waals surface area contributed by atoms with Gasteiger partial charge in [-0.25, -0.2) is 0 Å². The maximum absolute atomic E-state index is 2.35. The maximum atomic E-state index is 2.35. The predicted octanol–water partition coefficient (Wildman–Crippen LogP) is 7.94. The first-order chi connectivity index (χ1) is 14.1. The van der Waals surface area contributed by atoms with Gasteiger partial charge in [0, 0.05) is 29.2 Å². The fourth-order valence-electron chi connectivity index (χ4n) is 4.56. The first kappa shape index (κ1) is 19.3. The van der Waals surface area contributed by atoms with Gasteiger partial charge in [-0.1, -0.05) is 94.4 Å². The zero-order valence-electron chi connectivity index (χ0n) is 18.0. The van der Waals surface area contributed by atoms with Gasteiger partial charge in [-0.05, 0) is 45.8 Å². The highest BCUT2D eigenvalue weighted by Crippen LogP contribution is 2.49. The van der Waals surface area contributed by atoms with Crippen LogP contribution < -0.4 is 4.90 Å². The molecular weight excluding hydrogens is 350 g/mol. The molecule has 29 heavy (non-hydrogen) atoms. The van der Waals surface area contributed by atoms with E-state index >= 15 is 0 Å². The molecule has 0 saturated heterocycles. The van der Waals surface area contributed by atoms with E-state index in [9.17, 15) is 0 Å². The fraction of sp³-hybridized carbons (Fsp3) is 0.214. The number of nitrogens with zero attached hydrogens (tertiary/aromatic N) is 1. The van der Waals surface area contributed by atoms with Crippen LogP contribution in [0.1, 0.15) is 38.8 Å². The standard InChI is InChI=1S/C26H23N.C2H6/c1-26(2)23-13-7-6-12-21(23)22-17-19(15-16-24(22)26)27(3)25-14-8-10-18-9-4-5-11-20(18)25;1-2/h4-17H,1-3H3;1-2H3. The van der Waals surface area contributed by atoms with Crippen molar-refractivity contribution in [2.75, 3.05) is 11.9 Å². The smallest absolute Gasteiger partial charge is 0.0487 e. The molecule has 0 unspecified atom stereocenters. The Bertz CT molecular complexity index is 1160. The summed E-state index contributed by atoms with van der Waals surface area (Å²) in [7, 11) is 2.16. The largest absolute Gasteiger partial charge is 0.344 e. The summed E-state index contributed by atoms with van der Waals surface area (Å²) in [5.74, 6) is 0. The van der Waals surface area contributed by atoms with Crippen LogP contribution in [0.25, 0.3) is 21.9 Å². The zero-order chi connectivity index (χ0) is 20.6. The Morgan fingerprint density at radius 1 is 0.655 bits per heavy atom. The monoisotopic (exact) mass is 379 g/mol. The topological polar surface area (TPSA) is 3.24 Å². The second-order valence-electron chi connectivity index (χ2n) is 7.96. The van der Waals surface area contributed by atoms with Crippen LogP contribution in [-0.2, 0) is 5.41 Å². The maximum Gasteiger partial charge on any atom is 0.0487 e. The Kier molecular flexibility index (Phi) is 4.92. The molecule has 1 heteroatoms. The van der Waals surface area contributed by atoms with Crippen molar-refractivity contribution in [1.82, 2.24) is 0 Å². The molecule has 0 aliphatic heterocycles. The molecule has 1 nitrogen and oxygen atoms in total. The third kappa shape index (κ3) is 3.02. The summed E-state index contributed by atoms with van der Waals surface area (Å²) >= 11 is 0. The average molecular weight is 380 g/mol. The number of benzene rings is 4. The van der Waals surface area contributed by atoms with Crippen LogP contribution in [0.3, 0.4) is 0 Å². The molecule has 1 aliphatic rings. The van der Waals surface area contributed by atoms with E-state index in [0.29, 0.717) is 0 Å². The summed E-state index contributed by atoms with van der Waals surface area (Å²) < 4.78 is 0. The lowest BCUT2D eigenvalue weighted by molar-refractivity contribution is 0.660. The molecule has 5 rings (SSSR count). The molecule has 0 aromatic heterocycles. The van der Waals surface area contributed by atoms with Crippen LogP contribution in [-0.4, -0.2) is 7.05 Å². The molecule has 0 amide bonds. The Labute approximate surface area is 174 Å². The van der Waals surface area contributed by atoms with Gasteiger partial charge in [0.1, 0.15) is 0 Å². The van der Waals surface area contributed by atoms with Crippen molar-refractivity contribution in [1.29, 1.82) is 0 Å². The molecule has 0 heterocycles. The van der Waals surface area contributed by atoms with Crippen molar-refractivity contribution in [2.24, 2.45) is 0 Å². The van der Waals surface area contributed by atoms with Crippen LogP contribution >= 0.6 is 0 Å². The van der Waals surface area contributed by atoms with E-state index in [0.717, 1.165) is 0 Å². The lowest BCUT2D eigenvalue weighted by Gasteiger charge is -2.24. The molecule has 1 aliphatic carbocycles. The number of anilines is 2. The van der Waals surface area contributed by atoms with E-state index in [2.05, 4.69) is 111 Å². The highest BCUT2D eigenvalue weighted by atomic mass is 15.1. The average Bonchev–Trinajstić information content (AvgIpc) is 3.01. The highest BCUT2D eigenvalue weighted by molar-refractivity contribution is 5.96. The molecule has 0 radical (unpaired) electrons. The van der Waals surface area contributed by atoms with Crippen molar-refractivity contribution < 1.29 is 0 Å². The normalized spacial score (nSPS) is 13.3. The number of hydrogen-bond donors (Lipinski definition) is 0. The van der Waals surface area contributed by atoms with Gasteiger partial charge >= 0.3 is 0 Å². The van der Waals surface area contributed by atoms with Gasteiger partial charge in [-0.15, -0.1) is 0 Å². The minimum absolute atomic E-state index is 0.0580. The zero-order valence-corrected chi connectivity index (χ0v) is 18.0. The van der Waals surface area contributed by atoms with Gasteiger partial charge in [0.25, 0.3) is 0 Å². The minimum Gasteiger partial charge on any atom is -0.344 e. The Balaban J connectivity index is 0.000000994. The van der Waals surface area contributed by atoms with E-state index < -0.39 is 0 Å². The van der Waals surface area contributed by atoms with E-state index in [4.69, 9.17) is 0 Å². The Hall–Kier alpha value is -3.06. The Morgan fingerprint density at radius 3 is 2.14 bits per heavy atom.